The molecule has 0 aliphatic carbocycles. The number of amides is 3. The van der Waals surface area contributed by atoms with Gasteiger partial charge in [0, 0.05) is 61.9 Å². The number of para-hydroxylation sites is 1. The first-order valence-electron chi connectivity index (χ1n) is 17.3. The first-order valence-corrected chi connectivity index (χ1v) is 17.3. The molecule has 2 N–H and O–H groups in total. The van der Waals surface area contributed by atoms with E-state index in [1.54, 1.807) is 59.3 Å². The lowest BCUT2D eigenvalue weighted by molar-refractivity contribution is 0.0768. The van der Waals surface area contributed by atoms with Gasteiger partial charge in [0.05, 0.1) is 7.11 Å². The average molecular weight is 696 g/mol. The van der Waals surface area contributed by atoms with E-state index >= 15 is 0 Å². The summed E-state index contributed by atoms with van der Waals surface area (Å²) in [4.78, 5) is 54.5. The van der Waals surface area contributed by atoms with Gasteiger partial charge in [-0.1, -0.05) is 32.0 Å². The van der Waals surface area contributed by atoms with Crippen molar-refractivity contribution in [2.75, 3.05) is 64.1 Å². The average Bonchev–Trinajstić information content (AvgIpc) is 3.14. The monoisotopic (exact) mass is 695 g/mol. The Morgan fingerprint density at radius 2 is 1.43 bits per heavy atom. The molecule has 0 saturated heterocycles. The molecule has 4 rings (SSSR count). The predicted molar refractivity (Wildman–Crippen MR) is 201 cm³/mol. The highest BCUT2D eigenvalue weighted by atomic mass is 16.5. The van der Waals surface area contributed by atoms with Crippen molar-refractivity contribution in [1.82, 2.24) is 24.7 Å². The maximum absolute atomic E-state index is 13.7. The van der Waals surface area contributed by atoms with Crippen molar-refractivity contribution in [1.29, 1.82) is 0 Å². The third-order valence-electron chi connectivity index (χ3n) is 8.77. The van der Waals surface area contributed by atoms with Crippen LogP contribution >= 0.6 is 0 Å². The van der Waals surface area contributed by atoms with E-state index in [4.69, 9.17) is 9.47 Å². The van der Waals surface area contributed by atoms with Gasteiger partial charge in [-0.05, 0) is 94.4 Å². The van der Waals surface area contributed by atoms with Crippen molar-refractivity contribution >= 4 is 35.0 Å². The van der Waals surface area contributed by atoms with E-state index in [9.17, 15) is 14.4 Å². The van der Waals surface area contributed by atoms with Crippen molar-refractivity contribution in [2.24, 2.45) is 0 Å². The molecule has 270 valence electrons. The number of rotatable bonds is 16. The van der Waals surface area contributed by atoms with Crippen LogP contribution in [-0.4, -0.2) is 95.8 Å². The molecule has 0 radical (unpaired) electrons. The number of carbonyl (C=O) groups excluding carboxylic acids is 3. The number of hydrogen-bond acceptors (Lipinski definition) is 9. The minimum Gasteiger partial charge on any atom is -0.493 e. The van der Waals surface area contributed by atoms with Crippen molar-refractivity contribution in [3.63, 3.8) is 0 Å². The first kappa shape index (κ1) is 38.3. The molecule has 3 aromatic carbocycles. The summed E-state index contributed by atoms with van der Waals surface area (Å²) < 4.78 is 11.9. The Morgan fingerprint density at radius 3 is 2.04 bits per heavy atom. The van der Waals surface area contributed by atoms with Gasteiger partial charge in [-0.15, -0.1) is 0 Å². The molecule has 0 aliphatic rings. The number of aromatic nitrogens is 2. The summed E-state index contributed by atoms with van der Waals surface area (Å²) >= 11 is 0. The molecule has 51 heavy (non-hydrogen) atoms. The Labute approximate surface area is 300 Å². The number of likely N-dealkylation sites (N-methyl/N-ethyl adjacent to an activating group) is 2. The van der Waals surface area contributed by atoms with Gasteiger partial charge in [0.15, 0.2) is 11.5 Å². The maximum atomic E-state index is 13.7. The molecule has 0 atom stereocenters. The zero-order valence-electron chi connectivity index (χ0n) is 30.9. The highest BCUT2D eigenvalue weighted by Crippen LogP contribution is 2.34. The smallest absolute Gasteiger partial charge is 0.262 e. The van der Waals surface area contributed by atoms with Gasteiger partial charge in [0.25, 0.3) is 17.7 Å². The van der Waals surface area contributed by atoms with E-state index in [1.807, 2.05) is 45.9 Å². The highest BCUT2D eigenvalue weighted by Gasteiger charge is 2.22. The van der Waals surface area contributed by atoms with Gasteiger partial charge in [-0.25, -0.2) is 4.98 Å². The van der Waals surface area contributed by atoms with Gasteiger partial charge in [0.2, 0.25) is 11.8 Å². The largest absolute Gasteiger partial charge is 0.493 e. The predicted octanol–water partition coefficient (Wildman–Crippen LogP) is 6.79. The maximum Gasteiger partial charge on any atom is 0.262 e. The lowest BCUT2D eigenvalue weighted by atomic mass is 10.1. The minimum atomic E-state index is -0.464. The molecule has 0 fully saturated rings. The number of benzene rings is 3. The number of aryl methyl sites for hydroxylation is 2. The van der Waals surface area contributed by atoms with Crippen LogP contribution in [0.3, 0.4) is 0 Å². The van der Waals surface area contributed by atoms with Crippen LogP contribution in [0.25, 0.3) is 0 Å². The number of hydrogen-bond donors (Lipinski definition) is 2. The number of anilines is 3. The summed E-state index contributed by atoms with van der Waals surface area (Å²) in [6.45, 7) is 16.3. The lowest BCUT2D eigenvalue weighted by Gasteiger charge is -2.23. The van der Waals surface area contributed by atoms with Crippen molar-refractivity contribution in [2.45, 2.75) is 41.5 Å². The van der Waals surface area contributed by atoms with Gasteiger partial charge in [-0.3, -0.25) is 14.4 Å². The molecule has 12 heteroatoms. The van der Waals surface area contributed by atoms with Crippen molar-refractivity contribution in [3.8, 4) is 17.4 Å². The zero-order chi connectivity index (χ0) is 37.1. The molecular formula is C39H49N7O5. The highest BCUT2D eigenvalue weighted by molar-refractivity contribution is 6.06. The quantitative estimate of drug-likeness (QED) is 0.130. The minimum absolute atomic E-state index is 0.0287. The molecule has 0 bridgehead atoms. The van der Waals surface area contributed by atoms with Gasteiger partial charge in [0.1, 0.15) is 5.56 Å². The van der Waals surface area contributed by atoms with Crippen LogP contribution in [0, 0.1) is 13.8 Å². The Hall–Kier alpha value is -5.49. The Balaban J connectivity index is 1.62. The van der Waals surface area contributed by atoms with Crippen LogP contribution < -0.4 is 20.1 Å². The number of nitrogens with one attached hydrogen (secondary N) is 2. The van der Waals surface area contributed by atoms with E-state index in [0.717, 1.165) is 30.8 Å². The first-order chi connectivity index (χ1) is 24.5. The molecule has 1 aromatic heterocycles. The molecule has 3 amide bonds. The fraction of sp³-hybridized carbons (Fsp3) is 0.359. The zero-order valence-corrected chi connectivity index (χ0v) is 30.9. The second-order valence-corrected chi connectivity index (χ2v) is 12.0. The Morgan fingerprint density at radius 1 is 0.784 bits per heavy atom. The summed E-state index contributed by atoms with van der Waals surface area (Å²) in [5.41, 5.74) is 4.20. The molecule has 0 unspecified atom stereocenters. The third kappa shape index (κ3) is 9.61. The third-order valence-corrected chi connectivity index (χ3v) is 8.77. The van der Waals surface area contributed by atoms with Crippen LogP contribution in [0.1, 0.15) is 69.9 Å². The SMILES string of the molecule is CCN(CC)CCN(C)C(=O)c1ccc(Nc2ncc(C(=O)Nc3c(C)cccc3C)c(Oc3ccc(C(=O)N(CC)CC)cc3OC)n2)cc1. The normalized spacial score (nSPS) is 10.8. The molecule has 1 heterocycles. The lowest BCUT2D eigenvalue weighted by Crippen LogP contribution is -2.36. The van der Waals surface area contributed by atoms with Crippen molar-refractivity contribution < 1.29 is 23.9 Å². The second kappa shape index (κ2) is 18.0. The van der Waals surface area contributed by atoms with E-state index in [0.29, 0.717) is 47.9 Å². The van der Waals surface area contributed by atoms with E-state index in [2.05, 4.69) is 39.3 Å². The fourth-order valence-corrected chi connectivity index (χ4v) is 5.51. The van der Waals surface area contributed by atoms with Crippen LogP contribution in [0.5, 0.6) is 17.4 Å². The van der Waals surface area contributed by atoms with Gasteiger partial charge in [-0.2, -0.15) is 4.98 Å². The van der Waals surface area contributed by atoms with Crippen LogP contribution in [0.4, 0.5) is 17.3 Å². The van der Waals surface area contributed by atoms with E-state index in [1.165, 1.54) is 13.3 Å². The van der Waals surface area contributed by atoms with Crippen molar-refractivity contribution in [3.05, 3.63) is 94.7 Å². The molecule has 0 spiro atoms. The number of carbonyl (C=O) groups is 3. The Kier molecular flexibility index (Phi) is 13.5. The summed E-state index contributed by atoms with van der Waals surface area (Å²) in [7, 11) is 3.28. The number of nitrogens with zero attached hydrogens (tertiary/aromatic N) is 5. The fourth-order valence-electron chi connectivity index (χ4n) is 5.51. The topological polar surface area (TPSA) is 129 Å². The van der Waals surface area contributed by atoms with Crippen LogP contribution in [0.15, 0.2) is 66.9 Å². The number of ether oxygens (including phenoxy) is 2. The van der Waals surface area contributed by atoms with Crippen LogP contribution in [0.2, 0.25) is 0 Å². The van der Waals surface area contributed by atoms with Gasteiger partial charge < -0.3 is 34.8 Å². The number of methoxy groups -OCH3 is 1. The summed E-state index contributed by atoms with van der Waals surface area (Å²) in [6.07, 6.45) is 1.39. The summed E-state index contributed by atoms with van der Waals surface area (Å²) in [5.74, 6) is 0.0196. The second-order valence-electron chi connectivity index (χ2n) is 12.0. The molecular weight excluding hydrogens is 646 g/mol. The Bertz CT molecular complexity index is 1800. The van der Waals surface area contributed by atoms with E-state index < -0.39 is 5.91 Å². The van der Waals surface area contributed by atoms with Crippen LogP contribution in [-0.2, 0) is 0 Å². The molecule has 0 saturated carbocycles. The van der Waals surface area contributed by atoms with Gasteiger partial charge >= 0.3 is 0 Å². The standard InChI is InChI=1S/C39H49N7O5/c1-9-45(10-2)23-22-44(7)37(48)28-16-19-30(20-17-28)41-39-40-25-31(35(47)42-34-26(5)14-13-15-27(34)6)36(43-39)51-32-21-18-29(24-33(32)50-8)38(49)46(11-3)12-4/h13-21,24-25H,9-12,22-23H2,1-8H3,(H,42,47)(H,40,41,43). The molecule has 12 nitrogen and oxygen atoms in total. The van der Waals surface area contributed by atoms with E-state index in [-0.39, 0.29) is 35.0 Å². The molecule has 0 aliphatic heterocycles. The summed E-state index contributed by atoms with van der Waals surface area (Å²) in [6, 6.07) is 17.7. The summed E-state index contributed by atoms with van der Waals surface area (Å²) in [5, 5.41) is 6.12. The molecule has 4 aromatic rings.